The molecule has 0 radical (unpaired) electrons. The molecule has 19 heavy (non-hydrogen) atoms. The van der Waals surface area contributed by atoms with Gasteiger partial charge in [-0.3, -0.25) is 4.98 Å². The van der Waals surface area contributed by atoms with Crippen LogP contribution in [0, 0.1) is 6.92 Å². The molecular formula is C15H22BNO2. The Labute approximate surface area is 115 Å². The van der Waals surface area contributed by atoms with E-state index in [2.05, 4.69) is 45.7 Å². The van der Waals surface area contributed by atoms with E-state index in [0.717, 1.165) is 11.0 Å². The molecule has 2 aliphatic rings. The molecule has 1 aliphatic heterocycles. The second-order valence-electron chi connectivity index (χ2n) is 6.83. The van der Waals surface area contributed by atoms with Crippen molar-refractivity contribution in [2.75, 3.05) is 0 Å². The van der Waals surface area contributed by atoms with E-state index in [1.165, 1.54) is 18.5 Å². The highest BCUT2D eigenvalue weighted by molar-refractivity contribution is 6.62. The average Bonchev–Trinajstić information content (AvgIpc) is 3.08. The predicted molar refractivity (Wildman–Crippen MR) is 76.7 cm³/mol. The summed E-state index contributed by atoms with van der Waals surface area (Å²) < 4.78 is 12.3. The van der Waals surface area contributed by atoms with Crippen LogP contribution in [0.15, 0.2) is 12.3 Å². The Morgan fingerprint density at radius 2 is 1.74 bits per heavy atom. The van der Waals surface area contributed by atoms with E-state index in [0.29, 0.717) is 5.92 Å². The second-order valence-corrected chi connectivity index (χ2v) is 6.83. The molecule has 0 unspecified atom stereocenters. The molecule has 1 aromatic heterocycles. The summed E-state index contributed by atoms with van der Waals surface area (Å²) in [7, 11) is -0.273. The maximum atomic E-state index is 6.14. The zero-order valence-electron chi connectivity index (χ0n) is 12.5. The number of rotatable bonds is 2. The Hall–Kier alpha value is -0.865. The van der Waals surface area contributed by atoms with Crippen LogP contribution in [0.3, 0.4) is 0 Å². The normalized spacial score (nSPS) is 24.8. The van der Waals surface area contributed by atoms with Gasteiger partial charge >= 0.3 is 7.12 Å². The van der Waals surface area contributed by atoms with Gasteiger partial charge in [0, 0.05) is 17.8 Å². The largest absolute Gasteiger partial charge is 0.495 e. The Kier molecular flexibility index (Phi) is 2.81. The predicted octanol–water partition coefficient (Wildman–Crippen LogP) is 2.57. The summed E-state index contributed by atoms with van der Waals surface area (Å²) in [5.74, 6) is 0.654. The van der Waals surface area contributed by atoms with Crippen molar-refractivity contribution < 1.29 is 9.31 Å². The molecule has 2 fully saturated rings. The highest BCUT2D eigenvalue weighted by atomic mass is 16.7. The van der Waals surface area contributed by atoms with Gasteiger partial charge in [0.15, 0.2) is 0 Å². The van der Waals surface area contributed by atoms with E-state index in [4.69, 9.17) is 9.31 Å². The van der Waals surface area contributed by atoms with Crippen molar-refractivity contribution in [1.29, 1.82) is 0 Å². The molecule has 0 amide bonds. The number of aromatic nitrogens is 1. The third-order valence-corrected chi connectivity index (χ3v) is 4.67. The molecule has 1 aromatic rings. The summed E-state index contributed by atoms with van der Waals surface area (Å²) in [6, 6.07) is 2.18. The van der Waals surface area contributed by atoms with Crippen LogP contribution in [-0.4, -0.2) is 23.3 Å². The van der Waals surface area contributed by atoms with Crippen molar-refractivity contribution >= 4 is 12.6 Å². The first kappa shape index (κ1) is 13.1. The Balaban J connectivity index is 1.92. The fraction of sp³-hybridized carbons (Fsp3) is 0.667. The lowest BCUT2D eigenvalue weighted by Gasteiger charge is -2.32. The van der Waals surface area contributed by atoms with Gasteiger partial charge in [-0.05, 0) is 64.6 Å². The topological polar surface area (TPSA) is 31.4 Å². The molecule has 0 N–H and O–H groups in total. The Morgan fingerprint density at radius 3 is 2.26 bits per heavy atom. The molecule has 4 heteroatoms. The highest BCUT2D eigenvalue weighted by Gasteiger charge is 2.52. The van der Waals surface area contributed by atoms with Crippen LogP contribution in [0.25, 0.3) is 0 Å². The van der Waals surface area contributed by atoms with Crippen molar-refractivity contribution in [1.82, 2.24) is 4.98 Å². The Morgan fingerprint density at radius 1 is 1.16 bits per heavy atom. The summed E-state index contributed by atoms with van der Waals surface area (Å²) in [5.41, 5.74) is 2.90. The highest BCUT2D eigenvalue weighted by Crippen LogP contribution is 2.40. The molecule has 3 rings (SSSR count). The van der Waals surface area contributed by atoms with Crippen molar-refractivity contribution in [3.63, 3.8) is 0 Å². The third kappa shape index (κ3) is 2.21. The first-order valence-corrected chi connectivity index (χ1v) is 7.12. The van der Waals surface area contributed by atoms with E-state index in [1.807, 2.05) is 6.20 Å². The van der Waals surface area contributed by atoms with Crippen molar-refractivity contribution in [3.05, 3.63) is 23.5 Å². The van der Waals surface area contributed by atoms with Crippen molar-refractivity contribution in [3.8, 4) is 0 Å². The summed E-state index contributed by atoms with van der Waals surface area (Å²) >= 11 is 0. The van der Waals surface area contributed by atoms with Gasteiger partial charge in [-0.25, -0.2) is 0 Å². The van der Waals surface area contributed by atoms with Crippen LogP contribution in [0.4, 0.5) is 0 Å². The minimum atomic E-state index is -0.285. The van der Waals surface area contributed by atoms with E-state index in [1.54, 1.807) is 0 Å². The molecular weight excluding hydrogens is 237 g/mol. The minimum absolute atomic E-state index is 0.273. The van der Waals surface area contributed by atoms with Gasteiger partial charge in [0.25, 0.3) is 0 Å². The molecule has 2 heterocycles. The number of pyridine rings is 1. The molecule has 1 saturated heterocycles. The monoisotopic (exact) mass is 259 g/mol. The average molecular weight is 259 g/mol. The molecule has 0 bridgehead atoms. The van der Waals surface area contributed by atoms with Crippen LogP contribution in [-0.2, 0) is 9.31 Å². The smallest absolute Gasteiger partial charge is 0.399 e. The number of nitrogens with zero attached hydrogens (tertiary/aromatic N) is 1. The molecule has 1 saturated carbocycles. The van der Waals surface area contributed by atoms with Crippen LogP contribution in [0.5, 0.6) is 0 Å². The van der Waals surface area contributed by atoms with Crippen molar-refractivity contribution in [2.45, 2.75) is 64.6 Å². The van der Waals surface area contributed by atoms with Crippen LogP contribution in [0.1, 0.15) is 57.7 Å². The van der Waals surface area contributed by atoms with Crippen molar-refractivity contribution in [2.24, 2.45) is 0 Å². The SMILES string of the molecule is Cc1cnc(C2CC2)cc1B1OC(C)(C)C(C)(C)O1. The Bertz CT molecular complexity index is 493. The lowest BCUT2D eigenvalue weighted by Crippen LogP contribution is -2.41. The maximum Gasteiger partial charge on any atom is 0.495 e. The van der Waals surface area contributed by atoms with Crippen LogP contribution < -0.4 is 5.46 Å². The lowest BCUT2D eigenvalue weighted by molar-refractivity contribution is 0.00578. The van der Waals surface area contributed by atoms with Gasteiger partial charge in [0.2, 0.25) is 0 Å². The first-order chi connectivity index (χ1) is 8.80. The number of hydrogen-bond donors (Lipinski definition) is 0. The first-order valence-electron chi connectivity index (χ1n) is 7.12. The zero-order valence-corrected chi connectivity index (χ0v) is 12.5. The van der Waals surface area contributed by atoms with E-state index in [-0.39, 0.29) is 18.3 Å². The molecule has 102 valence electrons. The van der Waals surface area contributed by atoms with E-state index < -0.39 is 0 Å². The molecule has 0 aromatic carbocycles. The molecule has 0 spiro atoms. The van der Waals surface area contributed by atoms with Crippen LogP contribution in [0.2, 0.25) is 0 Å². The summed E-state index contributed by atoms with van der Waals surface area (Å²) in [6.07, 6.45) is 4.48. The summed E-state index contributed by atoms with van der Waals surface area (Å²) in [6.45, 7) is 10.4. The standard InChI is InChI=1S/C15H22BNO2/c1-10-9-17-13(11-6-7-11)8-12(10)16-18-14(2,3)15(4,5)19-16/h8-9,11H,6-7H2,1-5H3. The molecule has 1 aliphatic carbocycles. The fourth-order valence-electron chi connectivity index (χ4n) is 2.38. The molecule has 0 atom stereocenters. The van der Waals surface area contributed by atoms with E-state index >= 15 is 0 Å². The number of aryl methyl sites for hydroxylation is 1. The fourth-order valence-corrected chi connectivity index (χ4v) is 2.38. The summed E-state index contributed by atoms with van der Waals surface area (Å²) in [4.78, 5) is 4.53. The lowest BCUT2D eigenvalue weighted by atomic mass is 9.76. The summed E-state index contributed by atoms with van der Waals surface area (Å²) in [5, 5.41) is 0. The van der Waals surface area contributed by atoms with Gasteiger partial charge in [0.05, 0.1) is 11.2 Å². The quantitative estimate of drug-likeness (QED) is 0.765. The third-order valence-electron chi connectivity index (χ3n) is 4.67. The van der Waals surface area contributed by atoms with Gasteiger partial charge in [-0.15, -0.1) is 0 Å². The van der Waals surface area contributed by atoms with Gasteiger partial charge in [-0.2, -0.15) is 0 Å². The van der Waals surface area contributed by atoms with Crippen LogP contribution >= 0.6 is 0 Å². The molecule has 3 nitrogen and oxygen atoms in total. The number of hydrogen-bond acceptors (Lipinski definition) is 3. The van der Waals surface area contributed by atoms with Gasteiger partial charge in [0.1, 0.15) is 0 Å². The second kappa shape index (κ2) is 4.06. The zero-order chi connectivity index (χ0) is 13.8. The minimum Gasteiger partial charge on any atom is -0.399 e. The van der Waals surface area contributed by atoms with Gasteiger partial charge < -0.3 is 9.31 Å². The van der Waals surface area contributed by atoms with E-state index in [9.17, 15) is 0 Å². The van der Waals surface area contributed by atoms with Gasteiger partial charge in [-0.1, -0.05) is 0 Å². The maximum absolute atomic E-state index is 6.14.